The first-order valence-corrected chi connectivity index (χ1v) is 10.2. The molecule has 0 unspecified atom stereocenters. The number of aromatic nitrogens is 1. The molecule has 0 aliphatic heterocycles. The zero-order chi connectivity index (χ0) is 20.1. The Labute approximate surface area is 175 Å². The van der Waals surface area contributed by atoms with Crippen molar-refractivity contribution in [3.63, 3.8) is 0 Å². The summed E-state index contributed by atoms with van der Waals surface area (Å²) in [4.78, 5) is 8.02. The molecule has 0 atom stereocenters. The Kier molecular flexibility index (Phi) is 5.68. The zero-order valence-corrected chi connectivity index (χ0v) is 17.2. The van der Waals surface area contributed by atoms with E-state index in [1.807, 2.05) is 68.8 Å². The molecule has 1 N–H and O–H groups in total. The van der Waals surface area contributed by atoms with Gasteiger partial charge in [0.2, 0.25) is 5.13 Å². The van der Waals surface area contributed by atoms with Crippen molar-refractivity contribution in [1.82, 2.24) is 4.98 Å². The number of hydrogen-bond donors (Lipinski definition) is 1. The van der Waals surface area contributed by atoms with Gasteiger partial charge in [-0.1, -0.05) is 84.1 Å². The standard InChI is InChI=1S/C24H22N4S/c1-28(2)21-15-13-18(14-16-21)17-25-27-24-26-22(19-9-5-3-6-10-19)23(29-24)20-11-7-4-8-12-20/h3-17H,1-2H3,(H,26,27)/b25-17-. The van der Waals surface area contributed by atoms with E-state index < -0.39 is 0 Å². The average Bonchev–Trinajstić information content (AvgIpc) is 3.20. The molecular weight excluding hydrogens is 376 g/mol. The summed E-state index contributed by atoms with van der Waals surface area (Å²) in [5.74, 6) is 0. The van der Waals surface area contributed by atoms with Crippen LogP contribution in [0, 0.1) is 0 Å². The third-order valence-electron chi connectivity index (χ3n) is 4.49. The van der Waals surface area contributed by atoms with Crippen molar-refractivity contribution in [2.24, 2.45) is 5.10 Å². The lowest BCUT2D eigenvalue weighted by Gasteiger charge is -2.11. The summed E-state index contributed by atoms with van der Waals surface area (Å²) in [5, 5.41) is 5.15. The van der Waals surface area contributed by atoms with Crippen LogP contribution in [0.1, 0.15) is 5.56 Å². The summed E-state index contributed by atoms with van der Waals surface area (Å²) in [6.45, 7) is 0. The first-order valence-electron chi connectivity index (χ1n) is 9.39. The summed E-state index contributed by atoms with van der Waals surface area (Å²) >= 11 is 1.61. The molecule has 0 amide bonds. The van der Waals surface area contributed by atoms with Crippen molar-refractivity contribution in [3.05, 3.63) is 90.5 Å². The Balaban J connectivity index is 1.59. The minimum Gasteiger partial charge on any atom is -0.378 e. The van der Waals surface area contributed by atoms with Gasteiger partial charge in [-0.25, -0.2) is 4.98 Å². The number of anilines is 2. The van der Waals surface area contributed by atoms with Gasteiger partial charge in [0.15, 0.2) is 0 Å². The van der Waals surface area contributed by atoms with E-state index in [0.717, 1.165) is 38.1 Å². The normalized spacial score (nSPS) is 11.0. The van der Waals surface area contributed by atoms with E-state index in [2.05, 4.69) is 51.8 Å². The average molecular weight is 399 g/mol. The molecule has 0 spiro atoms. The lowest BCUT2D eigenvalue weighted by Crippen LogP contribution is -2.08. The molecule has 0 saturated heterocycles. The molecule has 0 fully saturated rings. The van der Waals surface area contributed by atoms with Gasteiger partial charge in [0.1, 0.15) is 0 Å². The van der Waals surface area contributed by atoms with Gasteiger partial charge in [0, 0.05) is 25.3 Å². The number of hydrogen-bond acceptors (Lipinski definition) is 5. The van der Waals surface area contributed by atoms with E-state index in [0.29, 0.717) is 0 Å². The second kappa shape index (κ2) is 8.71. The lowest BCUT2D eigenvalue weighted by molar-refractivity contribution is 1.13. The van der Waals surface area contributed by atoms with Gasteiger partial charge < -0.3 is 4.90 Å². The maximum Gasteiger partial charge on any atom is 0.204 e. The molecule has 4 rings (SSSR count). The van der Waals surface area contributed by atoms with Gasteiger partial charge in [-0.15, -0.1) is 0 Å². The lowest BCUT2D eigenvalue weighted by atomic mass is 10.1. The molecular formula is C24H22N4S. The summed E-state index contributed by atoms with van der Waals surface area (Å²) in [6.07, 6.45) is 1.81. The Morgan fingerprint density at radius 1 is 0.828 bits per heavy atom. The monoisotopic (exact) mass is 398 g/mol. The number of nitrogens with one attached hydrogen (secondary N) is 1. The van der Waals surface area contributed by atoms with Crippen LogP contribution in [-0.2, 0) is 0 Å². The Hall–Kier alpha value is -3.44. The zero-order valence-electron chi connectivity index (χ0n) is 16.4. The fourth-order valence-corrected chi connectivity index (χ4v) is 3.91. The van der Waals surface area contributed by atoms with Gasteiger partial charge in [0.25, 0.3) is 0 Å². The van der Waals surface area contributed by atoms with Gasteiger partial charge >= 0.3 is 0 Å². The van der Waals surface area contributed by atoms with Crippen LogP contribution >= 0.6 is 11.3 Å². The molecule has 0 radical (unpaired) electrons. The molecule has 5 heteroatoms. The molecule has 0 saturated carbocycles. The van der Waals surface area contributed by atoms with Crippen LogP contribution in [0.2, 0.25) is 0 Å². The maximum absolute atomic E-state index is 4.81. The van der Waals surface area contributed by atoms with E-state index in [1.54, 1.807) is 11.3 Å². The van der Waals surface area contributed by atoms with Crippen LogP contribution in [0.15, 0.2) is 90.0 Å². The summed E-state index contributed by atoms with van der Waals surface area (Å²) in [6, 6.07) is 28.8. The van der Waals surface area contributed by atoms with Crippen LogP contribution in [0.3, 0.4) is 0 Å². The fraction of sp³-hybridized carbons (Fsp3) is 0.0833. The molecule has 29 heavy (non-hydrogen) atoms. The third kappa shape index (κ3) is 4.52. The van der Waals surface area contributed by atoms with Crippen molar-refractivity contribution in [2.45, 2.75) is 0 Å². The highest BCUT2D eigenvalue weighted by Crippen LogP contribution is 2.38. The summed E-state index contributed by atoms with van der Waals surface area (Å²) < 4.78 is 0. The van der Waals surface area contributed by atoms with Crippen molar-refractivity contribution in [1.29, 1.82) is 0 Å². The topological polar surface area (TPSA) is 40.5 Å². The van der Waals surface area contributed by atoms with E-state index in [-0.39, 0.29) is 0 Å². The molecule has 3 aromatic carbocycles. The van der Waals surface area contributed by atoms with Crippen molar-refractivity contribution in [2.75, 3.05) is 24.4 Å². The minimum absolute atomic E-state index is 0.767. The predicted molar refractivity (Wildman–Crippen MR) is 125 cm³/mol. The first-order chi connectivity index (χ1) is 14.2. The van der Waals surface area contributed by atoms with Crippen molar-refractivity contribution < 1.29 is 0 Å². The second-order valence-electron chi connectivity index (χ2n) is 6.78. The van der Waals surface area contributed by atoms with Gasteiger partial charge in [-0.05, 0) is 23.3 Å². The third-order valence-corrected chi connectivity index (χ3v) is 5.50. The highest BCUT2D eigenvalue weighted by atomic mass is 32.1. The Morgan fingerprint density at radius 2 is 1.45 bits per heavy atom. The number of nitrogens with zero attached hydrogens (tertiary/aromatic N) is 3. The molecule has 0 aliphatic carbocycles. The Bertz CT molecular complexity index is 1030. The summed E-state index contributed by atoms with van der Waals surface area (Å²) in [5.41, 5.74) is 8.51. The molecule has 1 heterocycles. The fourth-order valence-electron chi connectivity index (χ4n) is 2.97. The van der Waals surface area contributed by atoms with E-state index in [9.17, 15) is 0 Å². The minimum atomic E-state index is 0.767. The maximum atomic E-state index is 4.81. The smallest absolute Gasteiger partial charge is 0.204 e. The van der Waals surface area contributed by atoms with Crippen LogP contribution < -0.4 is 10.3 Å². The number of rotatable bonds is 6. The van der Waals surface area contributed by atoms with Crippen LogP contribution in [0.5, 0.6) is 0 Å². The predicted octanol–water partition coefficient (Wildman–Crippen LogP) is 5.99. The van der Waals surface area contributed by atoms with Gasteiger partial charge in [-0.3, -0.25) is 5.43 Å². The van der Waals surface area contributed by atoms with Crippen LogP contribution in [0.25, 0.3) is 21.7 Å². The summed E-state index contributed by atoms with van der Waals surface area (Å²) in [7, 11) is 4.06. The van der Waals surface area contributed by atoms with Crippen molar-refractivity contribution in [3.8, 4) is 21.7 Å². The quantitative estimate of drug-likeness (QED) is 0.320. The van der Waals surface area contributed by atoms with E-state index >= 15 is 0 Å². The van der Waals surface area contributed by atoms with Crippen LogP contribution in [0.4, 0.5) is 10.8 Å². The highest BCUT2D eigenvalue weighted by Gasteiger charge is 2.14. The largest absolute Gasteiger partial charge is 0.378 e. The first kappa shape index (κ1) is 18.9. The number of benzene rings is 3. The molecule has 1 aromatic heterocycles. The Morgan fingerprint density at radius 3 is 2.07 bits per heavy atom. The van der Waals surface area contributed by atoms with Crippen molar-refractivity contribution >= 4 is 28.4 Å². The van der Waals surface area contributed by atoms with Crippen LogP contribution in [-0.4, -0.2) is 25.3 Å². The molecule has 4 nitrogen and oxygen atoms in total. The second-order valence-corrected chi connectivity index (χ2v) is 7.78. The highest BCUT2D eigenvalue weighted by molar-refractivity contribution is 7.19. The molecule has 144 valence electrons. The SMILES string of the molecule is CN(C)c1ccc(/C=N\Nc2nc(-c3ccccc3)c(-c3ccccc3)s2)cc1. The molecule has 4 aromatic rings. The van der Waals surface area contributed by atoms with E-state index in [1.165, 1.54) is 0 Å². The van der Waals surface area contributed by atoms with E-state index in [4.69, 9.17) is 4.98 Å². The molecule has 0 bridgehead atoms. The molecule has 0 aliphatic rings. The number of thiazole rings is 1. The van der Waals surface area contributed by atoms with Gasteiger partial charge in [0.05, 0.1) is 16.8 Å². The number of hydrazone groups is 1. The van der Waals surface area contributed by atoms with Gasteiger partial charge in [-0.2, -0.15) is 5.10 Å².